The SMILES string of the molecule is COc1nccc(Br)c1C=O. The molecule has 0 saturated heterocycles. The van der Waals surface area contributed by atoms with Crippen LogP contribution >= 0.6 is 15.9 Å². The lowest BCUT2D eigenvalue weighted by atomic mass is 10.3. The monoisotopic (exact) mass is 215 g/mol. The first-order valence-electron chi connectivity index (χ1n) is 2.93. The van der Waals surface area contributed by atoms with Crippen LogP contribution in [0.25, 0.3) is 0 Å². The molecule has 0 aliphatic heterocycles. The molecular weight excluding hydrogens is 210 g/mol. The Labute approximate surface area is 72.5 Å². The van der Waals surface area contributed by atoms with Crippen molar-refractivity contribution in [1.29, 1.82) is 0 Å². The Bertz CT molecular complexity index is 275. The average molecular weight is 216 g/mol. The first-order valence-corrected chi connectivity index (χ1v) is 3.72. The highest BCUT2D eigenvalue weighted by atomic mass is 79.9. The summed E-state index contributed by atoms with van der Waals surface area (Å²) in [5, 5.41) is 0. The number of rotatable bonds is 2. The van der Waals surface area contributed by atoms with Gasteiger partial charge in [-0.15, -0.1) is 0 Å². The van der Waals surface area contributed by atoms with E-state index in [4.69, 9.17) is 4.74 Å². The van der Waals surface area contributed by atoms with Gasteiger partial charge < -0.3 is 4.74 Å². The van der Waals surface area contributed by atoms with Crippen molar-refractivity contribution in [3.63, 3.8) is 0 Å². The molecular formula is C7H6BrNO2. The molecule has 0 radical (unpaired) electrons. The van der Waals surface area contributed by atoms with Gasteiger partial charge in [-0.2, -0.15) is 0 Å². The molecule has 1 rings (SSSR count). The molecule has 0 aliphatic rings. The number of carbonyl (C=O) groups excluding carboxylic acids is 1. The molecule has 4 heteroatoms. The molecule has 11 heavy (non-hydrogen) atoms. The molecule has 0 bridgehead atoms. The summed E-state index contributed by atoms with van der Waals surface area (Å²) in [6.45, 7) is 0. The molecule has 1 aromatic heterocycles. The minimum Gasteiger partial charge on any atom is -0.480 e. The van der Waals surface area contributed by atoms with Gasteiger partial charge in [-0.05, 0) is 22.0 Å². The Morgan fingerprint density at radius 3 is 2.91 bits per heavy atom. The molecule has 0 saturated carbocycles. The minimum absolute atomic E-state index is 0.342. The Morgan fingerprint density at radius 1 is 1.73 bits per heavy atom. The number of hydrogen-bond donors (Lipinski definition) is 0. The van der Waals surface area contributed by atoms with E-state index in [1.165, 1.54) is 7.11 Å². The Hall–Kier alpha value is -0.900. The molecule has 58 valence electrons. The topological polar surface area (TPSA) is 39.2 Å². The number of aldehydes is 1. The quantitative estimate of drug-likeness (QED) is 0.705. The third-order valence-electron chi connectivity index (χ3n) is 1.21. The maximum atomic E-state index is 10.5. The summed E-state index contributed by atoms with van der Waals surface area (Å²) in [6, 6.07) is 1.69. The second-order valence-electron chi connectivity index (χ2n) is 1.83. The van der Waals surface area contributed by atoms with Gasteiger partial charge in [0.1, 0.15) is 0 Å². The van der Waals surface area contributed by atoms with E-state index >= 15 is 0 Å². The van der Waals surface area contributed by atoms with Gasteiger partial charge in [0.25, 0.3) is 0 Å². The van der Waals surface area contributed by atoms with E-state index in [0.29, 0.717) is 22.2 Å². The van der Waals surface area contributed by atoms with Crippen LogP contribution in [0.15, 0.2) is 16.7 Å². The van der Waals surface area contributed by atoms with Gasteiger partial charge in [-0.1, -0.05) is 0 Å². The van der Waals surface area contributed by atoms with Crippen LogP contribution in [0.2, 0.25) is 0 Å². The van der Waals surface area contributed by atoms with E-state index in [-0.39, 0.29) is 0 Å². The predicted molar refractivity (Wildman–Crippen MR) is 43.9 cm³/mol. The maximum absolute atomic E-state index is 10.5. The van der Waals surface area contributed by atoms with Gasteiger partial charge in [-0.3, -0.25) is 4.79 Å². The fraction of sp³-hybridized carbons (Fsp3) is 0.143. The zero-order valence-electron chi connectivity index (χ0n) is 5.87. The lowest BCUT2D eigenvalue weighted by Gasteiger charge is -2.01. The molecule has 0 aliphatic carbocycles. The van der Waals surface area contributed by atoms with Crippen LogP contribution in [0.3, 0.4) is 0 Å². The van der Waals surface area contributed by atoms with Crippen molar-refractivity contribution in [2.24, 2.45) is 0 Å². The van der Waals surface area contributed by atoms with E-state index in [1.807, 2.05) is 0 Å². The summed E-state index contributed by atoms with van der Waals surface area (Å²) in [5.41, 5.74) is 0.440. The molecule has 1 heterocycles. The number of carbonyl (C=O) groups is 1. The third-order valence-corrected chi connectivity index (χ3v) is 1.90. The van der Waals surface area contributed by atoms with Crippen molar-refractivity contribution >= 4 is 22.2 Å². The molecule has 0 fully saturated rings. The van der Waals surface area contributed by atoms with Crippen LogP contribution in [-0.2, 0) is 0 Å². The fourth-order valence-corrected chi connectivity index (χ4v) is 1.08. The highest BCUT2D eigenvalue weighted by Crippen LogP contribution is 2.21. The van der Waals surface area contributed by atoms with Gasteiger partial charge in [0, 0.05) is 10.7 Å². The van der Waals surface area contributed by atoms with Gasteiger partial charge in [-0.25, -0.2) is 4.98 Å². The van der Waals surface area contributed by atoms with Crippen LogP contribution in [0.1, 0.15) is 10.4 Å². The molecule has 0 atom stereocenters. The Morgan fingerprint density at radius 2 is 2.45 bits per heavy atom. The Kier molecular flexibility index (Phi) is 2.59. The highest BCUT2D eigenvalue weighted by Gasteiger charge is 2.05. The maximum Gasteiger partial charge on any atom is 0.224 e. The predicted octanol–water partition coefficient (Wildman–Crippen LogP) is 1.67. The summed E-state index contributed by atoms with van der Waals surface area (Å²) in [5.74, 6) is 0.342. The summed E-state index contributed by atoms with van der Waals surface area (Å²) >= 11 is 3.20. The van der Waals surface area contributed by atoms with E-state index in [0.717, 1.165) is 0 Å². The zero-order chi connectivity index (χ0) is 8.27. The summed E-state index contributed by atoms with van der Waals surface area (Å²) in [7, 11) is 1.47. The normalized spacial score (nSPS) is 9.27. The van der Waals surface area contributed by atoms with E-state index in [2.05, 4.69) is 20.9 Å². The van der Waals surface area contributed by atoms with Crippen molar-refractivity contribution < 1.29 is 9.53 Å². The van der Waals surface area contributed by atoms with Crippen LogP contribution in [0, 0.1) is 0 Å². The van der Waals surface area contributed by atoms with E-state index in [1.54, 1.807) is 12.3 Å². The van der Waals surface area contributed by atoms with Crippen LogP contribution in [0.5, 0.6) is 5.88 Å². The standard InChI is InChI=1S/C7H6BrNO2/c1-11-7-5(4-10)6(8)2-3-9-7/h2-4H,1H3. The van der Waals surface area contributed by atoms with E-state index in [9.17, 15) is 4.79 Å². The molecule has 0 aromatic carbocycles. The van der Waals surface area contributed by atoms with Gasteiger partial charge in [0.05, 0.1) is 12.7 Å². The lowest BCUT2D eigenvalue weighted by molar-refractivity contribution is 0.111. The number of ether oxygens (including phenoxy) is 1. The molecule has 0 spiro atoms. The molecule has 0 unspecified atom stereocenters. The number of aromatic nitrogens is 1. The number of pyridine rings is 1. The van der Waals surface area contributed by atoms with Crippen molar-refractivity contribution in [1.82, 2.24) is 4.98 Å². The van der Waals surface area contributed by atoms with Crippen molar-refractivity contribution in [2.75, 3.05) is 7.11 Å². The molecule has 0 N–H and O–H groups in total. The molecule has 0 amide bonds. The van der Waals surface area contributed by atoms with Gasteiger partial charge in [0.15, 0.2) is 6.29 Å². The summed E-state index contributed by atoms with van der Waals surface area (Å²) < 4.78 is 5.54. The number of halogens is 1. The van der Waals surface area contributed by atoms with Crippen LogP contribution in [0.4, 0.5) is 0 Å². The second-order valence-corrected chi connectivity index (χ2v) is 2.69. The number of methoxy groups -OCH3 is 1. The van der Waals surface area contributed by atoms with Gasteiger partial charge >= 0.3 is 0 Å². The average Bonchev–Trinajstić information content (AvgIpc) is 2.04. The Balaban J connectivity index is 3.24. The smallest absolute Gasteiger partial charge is 0.224 e. The fourth-order valence-electron chi connectivity index (χ4n) is 0.701. The molecule has 3 nitrogen and oxygen atoms in total. The highest BCUT2D eigenvalue weighted by molar-refractivity contribution is 9.10. The van der Waals surface area contributed by atoms with Crippen molar-refractivity contribution in [2.45, 2.75) is 0 Å². The zero-order valence-corrected chi connectivity index (χ0v) is 7.46. The van der Waals surface area contributed by atoms with Crippen LogP contribution in [-0.4, -0.2) is 18.4 Å². The van der Waals surface area contributed by atoms with Crippen molar-refractivity contribution in [3.05, 3.63) is 22.3 Å². The first-order chi connectivity index (χ1) is 5.29. The molecule has 1 aromatic rings. The minimum atomic E-state index is 0.342. The van der Waals surface area contributed by atoms with Crippen LogP contribution < -0.4 is 4.74 Å². The number of nitrogens with zero attached hydrogens (tertiary/aromatic N) is 1. The third kappa shape index (κ3) is 1.57. The van der Waals surface area contributed by atoms with E-state index < -0.39 is 0 Å². The first kappa shape index (κ1) is 8.20. The largest absolute Gasteiger partial charge is 0.480 e. The summed E-state index contributed by atoms with van der Waals surface area (Å²) in [4.78, 5) is 14.3. The lowest BCUT2D eigenvalue weighted by Crippen LogP contribution is -1.93. The van der Waals surface area contributed by atoms with Crippen molar-refractivity contribution in [3.8, 4) is 5.88 Å². The second kappa shape index (κ2) is 3.48. The van der Waals surface area contributed by atoms with Gasteiger partial charge in [0.2, 0.25) is 5.88 Å². The summed E-state index contributed by atoms with van der Waals surface area (Å²) in [6.07, 6.45) is 2.27. The number of hydrogen-bond acceptors (Lipinski definition) is 3.